The zero-order valence-electron chi connectivity index (χ0n) is 10.8. The molecule has 0 unspecified atom stereocenters. The molecule has 0 heterocycles. The number of hydrazine groups is 1. The monoisotopic (exact) mass is 292 g/mol. The molecule has 0 aliphatic heterocycles. The maximum absolute atomic E-state index is 10.9. The first-order valence-electron chi connectivity index (χ1n) is 6.14. The minimum atomic E-state index is -4.00. The molecule has 0 amide bonds. The smallest absolute Gasteiger partial charge is 0.266 e. The van der Waals surface area contributed by atoms with Crippen LogP contribution in [-0.2, 0) is 10.1 Å². The minimum Gasteiger partial charge on any atom is -0.298 e. The third-order valence-corrected chi connectivity index (χ3v) is 3.38. The van der Waals surface area contributed by atoms with Crippen molar-refractivity contribution >= 4 is 21.5 Å². The summed E-state index contributed by atoms with van der Waals surface area (Å²) in [6.45, 7) is 0.137. The topological polar surface area (TPSA) is 69.6 Å². The van der Waals surface area contributed by atoms with Gasteiger partial charge in [0, 0.05) is 0 Å². The van der Waals surface area contributed by atoms with E-state index in [1.54, 1.807) is 5.01 Å². The maximum Gasteiger partial charge on any atom is 0.266 e. The Hall–Kier alpha value is -2.05. The summed E-state index contributed by atoms with van der Waals surface area (Å²) in [5.74, 6) is -0.346. The van der Waals surface area contributed by atoms with E-state index in [-0.39, 0.29) is 12.3 Å². The Balaban J connectivity index is 2.16. The lowest BCUT2D eigenvalue weighted by Crippen LogP contribution is -2.34. The lowest BCUT2D eigenvalue weighted by atomic mass is 10.3. The second kappa shape index (κ2) is 6.40. The summed E-state index contributed by atoms with van der Waals surface area (Å²) < 4.78 is 30.7. The van der Waals surface area contributed by atoms with E-state index < -0.39 is 10.1 Å². The van der Waals surface area contributed by atoms with E-state index in [4.69, 9.17) is 4.55 Å². The zero-order chi connectivity index (χ0) is 14.4. The lowest BCUT2D eigenvalue weighted by molar-refractivity contribution is 0.483. The van der Waals surface area contributed by atoms with Gasteiger partial charge in [0.15, 0.2) is 0 Å². The van der Waals surface area contributed by atoms with Gasteiger partial charge in [-0.2, -0.15) is 8.42 Å². The molecule has 20 heavy (non-hydrogen) atoms. The molecule has 106 valence electrons. The molecule has 0 aliphatic carbocycles. The molecular formula is C14H16N2O3S. The minimum absolute atomic E-state index is 0.137. The van der Waals surface area contributed by atoms with Crippen LogP contribution < -0.4 is 10.4 Å². The number of nitrogens with one attached hydrogen (secondary N) is 1. The standard InChI is InChI=1S/C14H16N2O3S/c17-20(18,19)12-11-16(14-9-5-2-6-10-14)15-13-7-3-1-4-8-13/h1-10,15H,11-12H2,(H,17,18,19). The van der Waals surface area contributed by atoms with Crippen LogP contribution in [0.25, 0.3) is 0 Å². The molecule has 0 saturated heterocycles. The Bertz CT molecular complexity index is 630. The van der Waals surface area contributed by atoms with Gasteiger partial charge in [-0.1, -0.05) is 36.4 Å². The molecule has 0 saturated carbocycles. The number of hydrogen-bond acceptors (Lipinski definition) is 4. The van der Waals surface area contributed by atoms with Crippen molar-refractivity contribution in [2.24, 2.45) is 0 Å². The molecule has 2 rings (SSSR count). The molecule has 2 N–H and O–H groups in total. The van der Waals surface area contributed by atoms with Crippen LogP contribution in [0.5, 0.6) is 0 Å². The maximum atomic E-state index is 10.9. The quantitative estimate of drug-likeness (QED) is 0.632. The SMILES string of the molecule is O=S(=O)(O)CCN(Nc1ccccc1)c1ccccc1. The van der Waals surface area contributed by atoms with Gasteiger partial charge in [-0.25, -0.2) is 0 Å². The first-order chi connectivity index (χ1) is 9.54. The summed E-state index contributed by atoms with van der Waals surface area (Å²) >= 11 is 0. The molecule has 0 fully saturated rings. The normalized spacial score (nSPS) is 11.1. The number of rotatable bonds is 6. The third kappa shape index (κ3) is 4.56. The highest BCUT2D eigenvalue weighted by molar-refractivity contribution is 7.85. The summed E-state index contributed by atoms with van der Waals surface area (Å²) in [5, 5.41) is 1.68. The molecule has 0 spiro atoms. The molecular weight excluding hydrogens is 276 g/mol. The van der Waals surface area contributed by atoms with E-state index >= 15 is 0 Å². The highest BCUT2D eigenvalue weighted by atomic mass is 32.2. The van der Waals surface area contributed by atoms with Crippen LogP contribution in [0.15, 0.2) is 60.7 Å². The average Bonchev–Trinajstić information content (AvgIpc) is 2.44. The fourth-order valence-corrected chi connectivity index (χ4v) is 2.15. The second-order valence-corrected chi connectivity index (χ2v) is 5.82. The molecule has 2 aromatic rings. The average molecular weight is 292 g/mol. The van der Waals surface area contributed by atoms with Gasteiger partial charge in [0.2, 0.25) is 0 Å². The van der Waals surface area contributed by atoms with Gasteiger partial charge in [-0.3, -0.25) is 15.0 Å². The van der Waals surface area contributed by atoms with E-state index in [1.165, 1.54) is 0 Å². The molecule has 6 heteroatoms. The van der Waals surface area contributed by atoms with E-state index in [0.29, 0.717) is 0 Å². The lowest BCUT2D eigenvalue weighted by Gasteiger charge is -2.26. The largest absolute Gasteiger partial charge is 0.298 e. The van der Waals surface area contributed by atoms with Crippen LogP contribution in [0.4, 0.5) is 11.4 Å². The number of benzene rings is 2. The fraction of sp³-hybridized carbons (Fsp3) is 0.143. The third-order valence-electron chi connectivity index (χ3n) is 2.68. The van der Waals surface area contributed by atoms with Crippen LogP contribution in [0.3, 0.4) is 0 Å². The van der Waals surface area contributed by atoms with Crippen molar-refractivity contribution in [2.45, 2.75) is 0 Å². The summed E-state index contributed by atoms with van der Waals surface area (Å²) in [4.78, 5) is 0. The van der Waals surface area contributed by atoms with E-state index in [1.807, 2.05) is 60.7 Å². The van der Waals surface area contributed by atoms with Crippen molar-refractivity contribution in [3.05, 3.63) is 60.7 Å². The van der Waals surface area contributed by atoms with Crippen molar-refractivity contribution in [3.8, 4) is 0 Å². The van der Waals surface area contributed by atoms with Crippen molar-refractivity contribution in [3.63, 3.8) is 0 Å². The Morgan fingerprint density at radius 1 is 0.950 bits per heavy atom. The van der Waals surface area contributed by atoms with E-state index in [0.717, 1.165) is 11.4 Å². The van der Waals surface area contributed by atoms with E-state index in [9.17, 15) is 8.42 Å². The second-order valence-electron chi connectivity index (χ2n) is 4.25. The summed E-state index contributed by atoms with van der Waals surface area (Å²) in [7, 11) is -4.00. The molecule has 0 aromatic heterocycles. The van der Waals surface area contributed by atoms with Gasteiger partial charge < -0.3 is 0 Å². The fourth-order valence-electron chi connectivity index (χ4n) is 1.73. The molecule has 0 aliphatic rings. The van der Waals surface area contributed by atoms with Crippen LogP contribution in [-0.4, -0.2) is 25.3 Å². The summed E-state index contributed by atoms with van der Waals surface area (Å²) in [6, 6.07) is 18.8. The predicted octanol–water partition coefficient (Wildman–Crippen LogP) is 2.41. The van der Waals surface area contributed by atoms with Crippen LogP contribution in [0.2, 0.25) is 0 Å². The van der Waals surface area contributed by atoms with Crippen molar-refractivity contribution in [2.75, 3.05) is 22.7 Å². The summed E-state index contributed by atoms with van der Waals surface area (Å²) in [6.07, 6.45) is 0. The zero-order valence-corrected chi connectivity index (χ0v) is 11.6. The van der Waals surface area contributed by atoms with Crippen LogP contribution in [0, 0.1) is 0 Å². The predicted molar refractivity (Wildman–Crippen MR) is 80.3 cm³/mol. The molecule has 5 nitrogen and oxygen atoms in total. The Kier molecular flexibility index (Phi) is 4.60. The van der Waals surface area contributed by atoms with Crippen molar-refractivity contribution < 1.29 is 13.0 Å². The Morgan fingerprint density at radius 2 is 1.50 bits per heavy atom. The number of para-hydroxylation sites is 2. The number of hydrogen-bond donors (Lipinski definition) is 2. The highest BCUT2D eigenvalue weighted by Gasteiger charge is 2.11. The van der Waals surface area contributed by atoms with Crippen LogP contribution >= 0.6 is 0 Å². The van der Waals surface area contributed by atoms with Gasteiger partial charge in [0.1, 0.15) is 0 Å². The van der Waals surface area contributed by atoms with Gasteiger partial charge in [-0.05, 0) is 24.3 Å². The first kappa shape index (κ1) is 14.4. The summed E-state index contributed by atoms with van der Waals surface area (Å²) in [5.41, 5.74) is 4.78. The van der Waals surface area contributed by atoms with Gasteiger partial charge in [0.05, 0.1) is 23.7 Å². The van der Waals surface area contributed by atoms with Gasteiger partial charge >= 0.3 is 0 Å². The van der Waals surface area contributed by atoms with Gasteiger partial charge in [-0.15, -0.1) is 0 Å². The van der Waals surface area contributed by atoms with E-state index in [2.05, 4.69) is 5.43 Å². The van der Waals surface area contributed by atoms with Crippen LogP contribution in [0.1, 0.15) is 0 Å². The van der Waals surface area contributed by atoms with Gasteiger partial charge in [0.25, 0.3) is 10.1 Å². The van der Waals surface area contributed by atoms with Crippen molar-refractivity contribution in [1.29, 1.82) is 0 Å². The number of nitrogens with zero attached hydrogens (tertiary/aromatic N) is 1. The Morgan fingerprint density at radius 3 is 2.05 bits per heavy atom. The first-order valence-corrected chi connectivity index (χ1v) is 7.75. The molecule has 0 radical (unpaired) electrons. The molecule has 0 atom stereocenters. The number of anilines is 2. The molecule has 2 aromatic carbocycles. The Labute approximate surface area is 118 Å². The highest BCUT2D eigenvalue weighted by Crippen LogP contribution is 2.15. The molecule has 0 bridgehead atoms. The van der Waals surface area contributed by atoms with Crippen molar-refractivity contribution in [1.82, 2.24) is 0 Å².